The lowest BCUT2D eigenvalue weighted by Gasteiger charge is -2.37. The highest BCUT2D eigenvalue weighted by Gasteiger charge is 2.31. The second kappa shape index (κ2) is 8.13. The number of hydrogen-bond acceptors (Lipinski definition) is 6. The quantitative estimate of drug-likeness (QED) is 0.664. The number of hydrogen-bond donors (Lipinski definition) is 0. The third kappa shape index (κ3) is 4.06. The summed E-state index contributed by atoms with van der Waals surface area (Å²) in [5.74, 6) is 0.714. The number of anilines is 1. The topological polar surface area (TPSA) is 80.3 Å². The van der Waals surface area contributed by atoms with Crippen molar-refractivity contribution >= 4 is 11.7 Å². The summed E-state index contributed by atoms with van der Waals surface area (Å²) in [5.41, 5.74) is 0. The van der Waals surface area contributed by atoms with Crippen molar-refractivity contribution in [2.45, 2.75) is 25.4 Å². The largest absolute Gasteiger partial charge is 0.459 e. The first-order valence-electron chi connectivity index (χ1n) is 9.14. The van der Waals surface area contributed by atoms with Gasteiger partial charge in [-0.15, -0.1) is 0 Å². The number of furan rings is 1. The van der Waals surface area contributed by atoms with Crippen LogP contribution in [0.5, 0.6) is 0 Å². The van der Waals surface area contributed by atoms with E-state index in [1.54, 1.807) is 41.8 Å². The Morgan fingerprint density at radius 1 is 1.19 bits per heavy atom. The van der Waals surface area contributed by atoms with Crippen LogP contribution in [0.4, 0.5) is 5.82 Å². The van der Waals surface area contributed by atoms with Gasteiger partial charge in [0, 0.05) is 50.5 Å². The minimum Gasteiger partial charge on any atom is -0.459 e. The molecule has 0 radical (unpaired) electrons. The summed E-state index contributed by atoms with van der Waals surface area (Å²) in [6.07, 6.45) is 11.9. The lowest BCUT2D eigenvalue weighted by Crippen LogP contribution is -2.48. The van der Waals surface area contributed by atoms with Crippen molar-refractivity contribution in [3.05, 3.63) is 61.2 Å². The summed E-state index contributed by atoms with van der Waals surface area (Å²) in [6.45, 7) is 3.67. The molecule has 1 saturated heterocycles. The van der Waals surface area contributed by atoms with Gasteiger partial charge in [-0.1, -0.05) is 0 Å². The average molecular weight is 366 g/mol. The molecule has 1 amide bonds. The van der Waals surface area contributed by atoms with Crippen molar-refractivity contribution in [3.8, 4) is 0 Å². The van der Waals surface area contributed by atoms with Crippen LogP contribution < -0.4 is 4.90 Å². The molecule has 0 saturated carbocycles. The predicted octanol–water partition coefficient (Wildman–Crippen LogP) is 2.08. The molecule has 1 aliphatic rings. The Morgan fingerprint density at radius 3 is 2.74 bits per heavy atom. The molecule has 0 N–H and O–H groups in total. The van der Waals surface area contributed by atoms with Crippen LogP contribution in [0.3, 0.4) is 0 Å². The molecule has 4 rings (SSSR count). The van der Waals surface area contributed by atoms with Gasteiger partial charge in [0.2, 0.25) is 0 Å². The maximum atomic E-state index is 13.0. The molecular formula is C19H22N6O2. The van der Waals surface area contributed by atoms with E-state index in [-0.39, 0.29) is 11.9 Å². The standard InChI is InChI=1S/C19H22N6O2/c26-19(17-3-1-14-27-17)25(18-15-20-7-8-21-18)16-4-10-23(11-5-16)12-13-24-9-2-6-22-24/h1-3,6-9,14-16H,4-5,10-13H2. The van der Waals surface area contributed by atoms with Gasteiger partial charge in [0.15, 0.2) is 11.6 Å². The molecule has 1 fully saturated rings. The normalized spacial score (nSPS) is 15.7. The van der Waals surface area contributed by atoms with Gasteiger partial charge in [0.05, 0.1) is 19.0 Å². The molecule has 27 heavy (non-hydrogen) atoms. The van der Waals surface area contributed by atoms with E-state index in [4.69, 9.17) is 4.42 Å². The number of aromatic nitrogens is 4. The maximum Gasteiger partial charge on any atom is 0.295 e. The fourth-order valence-corrected chi connectivity index (χ4v) is 3.47. The van der Waals surface area contributed by atoms with Gasteiger partial charge in [0.25, 0.3) is 5.91 Å². The minimum absolute atomic E-state index is 0.0697. The Morgan fingerprint density at radius 2 is 2.07 bits per heavy atom. The summed E-state index contributed by atoms with van der Waals surface area (Å²) in [7, 11) is 0. The van der Waals surface area contributed by atoms with E-state index in [2.05, 4.69) is 20.0 Å². The first-order chi connectivity index (χ1) is 13.3. The molecule has 0 aliphatic carbocycles. The Labute approximate surface area is 157 Å². The number of amides is 1. The summed E-state index contributed by atoms with van der Waals surface area (Å²) in [6, 6.07) is 5.41. The number of nitrogens with zero attached hydrogens (tertiary/aromatic N) is 6. The van der Waals surface area contributed by atoms with Crippen molar-refractivity contribution in [3.63, 3.8) is 0 Å². The third-order valence-electron chi connectivity index (χ3n) is 4.87. The summed E-state index contributed by atoms with van der Waals surface area (Å²) >= 11 is 0. The molecule has 0 unspecified atom stereocenters. The second-order valence-corrected chi connectivity index (χ2v) is 6.56. The van der Waals surface area contributed by atoms with Gasteiger partial charge in [-0.2, -0.15) is 5.10 Å². The number of rotatable bonds is 6. The van der Waals surface area contributed by atoms with E-state index >= 15 is 0 Å². The fourth-order valence-electron chi connectivity index (χ4n) is 3.47. The van der Waals surface area contributed by atoms with E-state index < -0.39 is 0 Å². The zero-order valence-corrected chi connectivity index (χ0v) is 15.0. The molecule has 0 aromatic carbocycles. The Hall–Kier alpha value is -3.00. The van der Waals surface area contributed by atoms with Crippen LogP contribution in [0.15, 0.2) is 59.9 Å². The van der Waals surface area contributed by atoms with Gasteiger partial charge in [0.1, 0.15) is 0 Å². The van der Waals surface area contributed by atoms with Crippen molar-refractivity contribution < 1.29 is 9.21 Å². The fraction of sp³-hybridized carbons (Fsp3) is 0.368. The molecule has 0 bridgehead atoms. The highest BCUT2D eigenvalue weighted by molar-refractivity contribution is 6.03. The first kappa shape index (κ1) is 17.4. The van der Waals surface area contributed by atoms with E-state index in [0.717, 1.165) is 39.0 Å². The van der Waals surface area contributed by atoms with Crippen molar-refractivity contribution in [1.82, 2.24) is 24.6 Å². The highest BCUT2D eigenvalue weighted by atomic mass is 16.3. The molecule has 3 aromatic heterocycles. The minimum atomic E-state index is -0.171. The summed E-state index contributed by atoms with van der Waals surface area (Å²) < 4.78 is 7.27. The molecule has 1 aliphatic heterocycles. The van der Waals surface area contributed by atoms with Gasteiger partial charge in [-0.25, -0.2) is 4.98 Å². The lowest BCUT2D eigenvalue weighted by molar-refractivity contribution is 0.0931. The van der Waals surface area contributed by atoms with Crippen molar-refractivity contribution in [2.75, 3.05) is 24.5 Å². The Kier molecular flexibility index (Phi) is 5.24. The molecular weight excluding hydrogens is 344 g/mol. The Balaban J connectivity index is 1.43. The van der Waals surface area contributed by atoms with Crippen molar-refractivity contribution in [2.24, 2.45) is 0 Å². The van der Waals surface area contributed by atoms with Gasteiger partial charge in [-0.3, -0.25) is 19.4 Å². The molecule has 3 aromatic rings. The number of piperidine rings is 1. The van der Waals surface area contributed by atoms with E-state index in [9.17, 15) is 4.79 Å². The number of carbonyl (C=O) groups excluding carboxylic acids is 1. The number of likely N-dealkylation sites (tertiary alicyclic amines) is 1. The zero-order valence-electron chi connectivity index (χ0n) is 15.0. The van der Waals surface area contributed by atoms with Crippen molar-refractivity contribution in [1.29, 1.82) is 0 Å². The molecule has 140 valence electrons. The smallest absolute Gasteiger partial charge is 0.295 e. The van der Waals surface area contributed by atoms with Crippen LogP contribution in [0.2, 0.25) is 0 Å². The third-order valence-corrected chi connectivity index (χ3v) is 4.87. The van der Waals surface area contributed by atoms with Crippen LogP contribution in [0.1, 0.15) is 23.4 Å². The Bertz CT molecular complexity index is 826. The number of carbonyl (C=O) groups is 1. The summed E-state index contributed by atoms with van der Waals surface area (Å²) in [4.78, 5) is 25.6. The molecule has 4 heterocycles. The molecule has 8 heteroatoms. The predicted molar refractivity (Wildman–Crippen MR) is 99.2 cm³/mol. The lowest BCUT2D eigenvalue weighted by atomic mass is 10.0. The molecule has 0 atom stereocenters. The van der Waals surface area contributed by atoms with Gasteiger partial charge >= 0.3 is 0 Å². The van der Waals surface area contributed by atoms with Crippen LogP contribution in [0.25, 0.3) is 0 Å². The zero-order chi connectivity index (χ0) is 18.5. The molecule has 8 nitrogen and oxygen atoms in total. The molecule has 0 spiro atoms. The van der Waals surface area contributed by atoms with E-state index in [0.29, 0.717) is 11.6 Å². The maximum absolute atomic E-state index is 13.0. The van der Waals surface area contributed by atoms with Gasteiger partial charge in [-0.05, 0) is 31.0 Å². The van der Waals surface area contributed by atoms with E-state index in [1.165, 1.54) is 6.26 Å². The highest BCUT2D eigenvalue weighted by Crippen LogP contribution is 2.24. The van der Waals surface area contributed by atoms with Crippen LogP contribution in [0, 0.1) is 0 Å². The van der Waals surface area contributed by atoms with E-state index in [1.807, 2.05) is 16.9 Å². The van der Waals surface area contributed by atoms with Gasteiger partial charge < -0.3 is 9.32 Å². The van der Waals surface area contributed by atoms with Crippen LogP contribution >= 0.6 is 0 Å². The van der Waals surface area contributed by atoms with Crippen LogP contribution in [-0.2, 0) is 6.54 Å². The van der Waals surface area contributed by atoms with Crippen LogP contribution in [-0.4, -0.2) is 56.2 Å². The summed E-state index contributed by atoms with van der Waals surface area (Å²) in [5, 5.41) is 4.25. The average Bonchev–Trinajstić information content (AvgIpc) is 3.42. The second-order valence-electron chi connectivity index (χ2n) is 6.56. The first-order valence-corrected chi connectivity index (χ1v) is 9.14. The SMILES string of the molecule is O=C(c1ccco1)N(c1cnccn1)C1CCN(CCn2cccn2)CC1. The monoisotopic (exact) mass is 366 g/mol.